The van der Waals surface area contributed by atoms with Gasteiger partial charge in [-0.3, -0.25) is 4.79 Å². The van der Waals surface area contributed by atoms with Crippen molar-refractivity contribution in [2.75, 3.05) is 0 Å². The van der Waals surface area contributed by atoms with Crippen molar-refractivity contribution in [2.24, 2.45) is 0 Å². The van der Waals surface area contributed by atoms with Crippen LogP contribution < -0.4 is 0 Å². The minimum atomic E-state index is -0.828. The van der Waals surface area contributed by atoms with Crippen LogP contribution >= 0.6 is 0 Å². The van der Waals surface area contributed by atoms with Gasteiger partial charge in [-0.25, -0.2) is 0 Å². The number of rotatable bonds is 4. The van der Waals surface area contributed by atoms with Crippen LogP contribution in [0.5, 0.6) is 0 Å². The maximum absolute atomic E-state index is 10.8. The van der Waals surface area contributed by atoms with Crippen molar-refractivity contribution >= 4 is 5.97 Å². The maximum atomic E-state index is 10.8. The van der Waals surface area contributed by atoms with Gasteiger partial charge in [0, 0.05) is 0 Å². The number of hydrogen-bond acceptors (Lipinski definition) is 2. The van der Waals surface area contributed by atoms with E-state index in [1.807, 2.05) is 30.3 Å². The summed E-state index contributed by atoms with van der Waals surface area (Å²) in [6.45, 7) is 0. The molecule has 0 radical (unpaired) electrons. The first kappa shape index (κ1) is 10.5. The quantitative estimate of drug-likeness (QED) is 0.854. The molecule has 0 spiro atoms. The largest absolute Gasteiger partial charge is 0.481 e. The molecule has 0 amide bonds. The summed E-state index contributed by atoms with van der Waals surface area (Å²) >= 11 is 0. The highest BCUT2D eigenvalue weighted by atomic mass is 16.4. The smallest absolute Gasteiger partial charge is 0.304 e. The van der Waals surface area contributed by atoms with Gasteiger partial charge < -0.3 is 9.52 Å². The summed E-state index contributed by atoms with van der Waals surface area (Å²) in [6.07, 6.45) is 1.60. The second-order valence-corrected chi connectivity index (χ2v) is 3.58. The van der Waals surface area contributed by atoms with Gasteiger partial charge in [-0.15, -0.1) is 0 Å². The highest BCUT2D eigenvalue weighted by Gasteiger charge is 2.19. The molecule has 1 unspecified atom stereocenters. The predicted octanol–water partition coefficient (Wildman–Crippen LogP) is 2.89. The normalized spacial score (nSPS) is 12.2. The molecule has 0 aliphatic rings. The average Bonchev–Trinajstić information content (AvgIpc) is 2.80. The molecular weight excluding hydrogens is 204 g/mol. The highest BCUT2D eigenvalue weighted by molar-refractivity contribution is 5.68. The zero-order chi connectivity index (χ0) is 11.4. The second-order valence-electron chi connectivity index (χ2n) is 3.58. The number of carboxylic acids is 1. The standard InChI is InChI=1S/C13H12O3/c14-13(15)9-11(12-7-4-8-16-12)10-5-2-1-3-6-10/h1-8,11H,9H2,(H,14,15). The minimum Gasteiger partial charge on any atom is -0.481 e. The van der Waals surface area contributed by atoms with Gasteiger partial charge in [-0.1, -0.05) is 30.3 Å². The third-order valence-electron chi connectivity index (χ3n) is 2.47. The first-order chi connectivity index (χ1) is 7.77. The van der Waals surface area contributed by atoms with Crippen LogP contribution in [0.25, 0.3) is 0 Å². The minimum absolute atomic E-state index is 0.0392. The van der Waals surface area contributed by atoms with E-state index in [2.05, 4.69) is 0 Å². The molecule has 1 heterocycles. The number of furan rings is 1. The molecule has 2 aromatic rings. The Kier molecular flexibility index (Phi) is 3.05. The molecule has 82 valence electrons. The Hall–Kier alpha value is -2.03. The lowest BCUT2D eigenvalue weighted by molar-refractivity contribution is -0.137. The summed E-state index contributed by atoms with van der Waals surface area (Å²) in [5.74, 6) is -0.354. The van der Waals surface area contributed by atoms with Gasteiger partial charge in [-0.2, -0.15) is 0 Å². The zero-order valence-electron chi connectivity index (χ0n) is 8.67. The predicted molar refractivity (Wildman–Crippen MR) is 59.2 cm³/mol. The second kappa shape index (κ2) is 4.66. The Morgan fingerprint density at radius 2 is 1.94 bits per heavy atom. The van der Waals surface area contributed by atoms with Crippen LogP contribution in [-0.2, 0) is 4.79 Å². The summed E-state index contributed by atoms with van der Waals surface area (Å²) < 4.78 is 5.29. The van der Waals surface area contributed by atoms with Gasteiger partial charge in [0.05, 0.1) is 18.6 Å². The first-order valence-corrected chi connectivity index (χ1v) is 5.07. The molecule has 1 atom stereocenters. The SMILES string of the molecule is O=C(O)CC(c1ccccc1)c1ccco1. The van der Waals surface area contributed by atoms with Crippen LogP contribution in [-0.4, -0.2) is 11.1 Å². The van der Waals surface area contributed by atoms with Crippen molar-refractivity contribution in [2.45, 2.75) is 12.3 Å². The van der Waals surface area contributed by atoms with Crippen LogP contribution in [0.1, 0.15) is 23.7 Å². The van der Waals surface area contributed by atoms with E-state index in [4.69, 9.17) is 9.52 Å². The lowest BCUT2D eigenvalue weighted by Gasteiger charge is -2.12. The van der Waals surface area contributed by atoms with Gasteiger partial charge in [0.15, 0.2) is 0 Å². The van der Waals surface area contributed by atoms with Crippen LogP contribution in [0.3, 0.4) is 0 Å². The molecule has 0 saturated heterocycles. The van der Waals surface area contributed by atoms with E-state index in [9.17, 15) is 4.79 Å². The third-order valence-corrected chi connectivity index (χ3v) is 2.47. The molecular formula is C13H12O3. The molecule has 16 heavy (non-hydrogen) atoms. The lowest BCUT2D eigenvalue weighted by atomic mass is 9.93. The Labute approximate surface area is 93.3 Å². The fraction of sp³-hybridized carbons (Fsp3) is 0.154. The van der Waals surface area contributed by atoms with Gasteiger partial charge in [0.2, 0.25) is 0 Å². The molecule has 3 nitrogen and oxygen atoms in total. The fourth-order valence-electron chi connectivity index (χ4n) is 1.73. The Bertz CT molecular complexity index is 445. The molecule has 0 bridgehead atoms. The van der Waals surface area contributed by atoms with Crippen molar-refractivity contribution in [3.8, 4) is 0 Å². The lowest BCUT2D eigenvalue weighted by Crippen LogP contribution is -2.06. The van der Waals surface area contributed by atoms with Crippen molar-refractivity contribution in [3.05, 3.63) is 60.1 Å². The average molecular weight is 216 g/mol. The van der Waals surface area contributed by atoms with Crippen molar-refractivity contribution < 1.29 is 14.3 Å². The summed E-state index contributed by atoms with van der Waals surface area (Å²) in [5.41, 5.74) is 0.958. The summed E-state index contributed by atoms with van der Waals surface area (Å²) in [6, 6.07) is 13.1. The van der Waals surface area contributed by atoms with Crippen LogP contribution in [0.2, 0.25) is 0 Å². The van der Waals surface area contributed by atoms with Gasteiger partial charge in [0.25, 0.3) is 0 Å². The topological polar surface area (TPSA) is 50.4 Å². The van der Waals surface area contributed by atoms with E-state index in [0.29, 0.717) is 5.76 Å². The van der Waals surface area contributed by atoms with E-state index < -0.39 is 5.97 Å². The molecule has 1 aromatic heterocycles. The number of carboxylic acid groups (broad SMARTS) is 1. The Morgan fingerprint density at radius 3 is 2.50 bits per heavy atom. The van der Waals surface area contributed by atoms with Crippen molar-refractivity contribution in [1.82, 2.24) is 0 Å². The van der Waals surface area contributed by atoms with Crippen LogP contribution in [0, 0.1) is 0 Å². The summed E-state index contributed by atoms with van der Waals surface area (Å²) in [4.78, 5) is 10.8. The Balaban J connectivity index is 2.32. The molecule has 0 fully saturated rings. The Morgan fingerprint density at radius 1 is 1.19 bits per heavy atom. The molecule has 1 N–H and O–H groups in total. The number of aliphatic carboxylic acids is 1. The monoisotopic (exact) mass is 216 g/mol. The molecule has 2 rings (SSSR count). The molecule has 3 heteroatoms. The molecule has 1 aromatic carbocycles. The maximum Gasteiger partial charge on any atom is 0.304 e. The molecule has 0 aliphatic carbocycles. The number of benzene rings is 1. The van der Waals surface area contributed by atoms with Crippen molar-refractivity contribution in [3.63, 3.8) is 0 Å². The van der Waals surface area contributed by atoms with Gasteiger partial charge in [0.1, 0.15) is 5.76 Å². The molecule has 0 saturated carbocycles. The summed E-state index contributed by atoms with van der Waals surface area (Å²) in [7, 11) is 0. The number of hydrogen-bond donors (Lipinski definition) is 1. The first-order valence-electron chi connectivity index (χ1n) is 5.07. The van der Waals surface area contributed by atoms with E-state index in [1.165, 1.54) is 0 Å². The highest BCUT2D eigenvalue weighted by Crippen LogP contribution is 2.27. The number of carbonyl (C=O) groups is 1. The fourth-order valence-corrected chi connectivity index (χ4v) is 1.73. The van der Waals surface area contributed by atoms with E-state index in [1.54, 1.807) is 18.4 Å². The zero-order valence-corrected chi connectivity index (χ0v) is 8.67. The molecule has 0 aliphatic heterocycles. The van der Waals surface area contributed by atoms with E-state index in [0.717, 1.165) is 5.56 Å². The van der Waals surface area contributed by atoms with Crippen molar-refractivity contribution in [1.29, 1.82) is 0 Å². The van der Waals surface area contributed by atoms with Crippen LogP contribution in [0.4, 0.5) is 0 Å². The van der Waals surface area contributed by atoms with Gasteiger partial charge >= 0.3 is 5.97 Å². The third kappa shape index (κ3) is 2.31. The van der Waals surface area contributed by atoms with Crippen LogP contribution in [0.15, 0.2) is 53.1 Å². The van der Waals surface area contributed by atoms with E-state index >= 15 is 0 Å². The summed E-state index contributed by atoms with van der Waals surface area (Å²) in [5, 5.41) is 8.90. The van der Waals surface area contributed by atoms with E-state index in [-0.39, 0.29) is 12.3 Å². The van der Waals surface area contributed by atoms with Gasteiger partial charge in [-0.05, 0) is 17.7 Å².